The summed E-state index contributed by atoms with van der Waals surface area (Å²) in [5.41, 5.74) is 0.405. The van der Waals surface area contributed by atoms with Crippen LogP contribution in [0.15, 0.2) is 24.4 Å². The van der Waals surface area contributed by atoms with Gasteiger partial charge >= 0.3 is 5.97 Å². The molecule has 1 aromatic rings. The molecule has 30 heavy (non-hydrogen) atoms. The van der Waals surface area contributed by atoms with Gasteiger partial charge in [0.15, 0.2) is 0 Å². The van der Waals surface area contributed by atoms with E-state index in [-0.39, 0.29) is 29.0 Å². The highest BCUT2D eigenvalue weighted by Crippen LogP contribution is 2.62. The predicted octanol–water partition coefficient (Wildman–Crippen LogP) is 2.73. The molecule has 0 amide bonds. The van der Waals surface area contributed by atoms with Crippen LogP contribution >= 0.6 is 0 Å². The minimum atomic E-state index is 0.0266. The number of anilines is 1. The molecule has 2 saturated carbocycles. The Balaban J connectivity index is 1.12. The number of ether oxygens (including phenoxy) is 2. The maximum absolute atomic E-state index is 12.9. The number of pyridine rings is 1. The minimum absolute atomic E-state index is 0.0266. The smallest absolute Gasteiger partial charge is 0.310 e. The molecule has 5 aliphatic rings. The Morgan fingerprint density at radius 2 is 2.03 bits per heavy atom. The summed E-state index contributed by atoms with van der Waals surface area (Å²) < 4.78 is 12.0. The van der Waals surface area contributed by atoms with Gasteiger partial charge in [0, 0.05) is 44.8 Å². The largest absolute Gasteiger partial charge is 0.462 e. The van der Waals surface area contributed by atoms with E-state index >= 15 is 0 Å². The summed E-state index contributed by atoms with van der Waals surface area (Å²) in [7, 11) is 0. The minimum Gasteiger partial charge on any atom is -0.462 e. The molecule has 0 radical (unpaired) electrons. The SMILES string of the molecule is C[C@]12CCC[C@@]3(CO3)[C@@H]1C[C@H]1[C@@H](C2)OC(=O)[C@@H]1CN1CCN(c2ccccn2)CC1. The number of carbonyl (C=O) groups is 1. The molecule has 0 unspecified atom stereocenters. The number of esters is 1. The molecular formula is C24H33N3O3. The lowest BCUT2D eigenvalue weighted by molar-refractivity contribution is -0.147. The van der Waals surface area contributed by atoms with Crippen LogP contribution in [0.5, 0.6) is 0 Å². The lowest BCUT2D eigenvalue weighted by atomic mass is 9.53. The summed E-state index contributed by atoms with van der Waals surface area (Å²) >= 11 is 0. The molecule has 1 aromatic heterocycles. The number of nitrogens with zero attached hydrogens (tertiary/aromatic N) is 3. The Morgan fingerprint density at radius 1 is 1.20 bits per heavy atom. The monoisotopic (exact) mass is 411 g/mol. The van der Waals surface area contributed by atoms with Gasteiger partial charge in [0.2, 0.25) is 0 Å². The first-order valence-corrected chi connectivity index (χ1v) is 11.8. The Hall–Kier alpha value is -1.66. The number of rotatable bonds is 3. The zero-order valence-corrected chi connectivity index (χ0v) is 18.0. The van der Waals surface area contributed by atoms with E-state index in [0.29, 0.717) is 11.8 Å². The van der Waals surface area contributed by atoms with Crippen LogP contribution < -0.4 is 4.90 Å². The molecule has 4 heterocycles. The van der Waals surface area contributed by atoms with Crippen molar-refractivity contribution in [2.45, 2.75) is 50.7 Å². The summed E-state index contributed by atoms with van der Waals surface area (Å²) in [5, 5.41) is 0. The number of piperazine rings is 1. The van der Waals surface area contributed by atoms with Crippen molar-refractivity contribution in [2.75, 3.05) is 44.2 Å². The zero-order chi connectivity index (χ0) is 20.3. The van der Waals surface area contributed by atoms with E-state index in [4.69, 9.17) is 9.47 Å². The number of aromatic nitrogens is 1. The van der Waals surface area contributed by atoms with E-state index in [2.05, 4.69) is 27.8 Å². The summed E-state index contributed by atoms with van der Waals surface area (Å²) in [6.45, 7) is 8.08. The van der Waals surface area contributed by atoms with Crippen LogP contribution in [-0.4, -0.2) is 66.9 Å². The van der Waals surface area contributed by atoms with Crippen molar-refractivity contribution in [1.29, 1.82) is 0 Å². The molecule has 6 rings (SSSR count). The Morgan fingerprint density at radius 3 is 2.77 bits per heavy atom. The Kier molecular flexibility index (Phi) is 4.40. The van der Waals surface area contributed by atoms with Crippen molar-refractivity contribution in [3.63, 3.8) is 0 Å². The van der Waals surface area contributed by atoms with Crippen LogP contribution in [0.25, 0.3) is 0 Å². The average Bonchev–Trinajstić information content (AvgIpc) is 3.46. The van der Waals surface area contributed by atoms with Gasteiger partial charge < -0.3 is 14.4 Å². The maximum atomic E-state index is 12.9. The maximum Gasteiger partial charge on any atom is 0.310 e. The van der Waals surface area contributed by atoms with E-state index in [1.54, 1.807) is 0 Å². The second-order valence-corrected chi connectivity index (χ2v) is 10.6. The number of carbonyl (C=O) groups excluding carboxylic acids is 1. The van der Waals surface area contributed by atoms with Crippen LogP contribution in [0.3, 0.4) is 0 Å². The van der Waals surface area contributed by atoms with Gasteiger partial charge in [0.1, 0.15) is 11.9 Å². The predicted molar refractivity (Wildman–Crippen MR) is 113 cm³/mol. The molecule has 3 saturated heterocycles. The van der Waals surface area contributed by atoms with Gasteiger partial charge in [0.25, 0.3) is 0 Å². The van der Waals surface area contributed by atoms with E-state index in [1.165, 1.54) is 19.3 Å². The third-order valence-electron chi connectivity index (χ3n) is 8.88. The van der Waals surface area contributed by atoms with Crippen molar-refractivity contribution >= 4 is 11.8 Å². The quantitative estimate of drug-likeness (QED) is 0.563. The molecule has 162 valence electrons. The molecule has 3 aliphatic heterocycles. The third kappa shape index (κ3) is 3.06. The van der Waals surface area contributed by atoms with Gasteiger partial charge in [-0.1, -0.05) is 13.0 Å². The van der Waals surface area contributed by atoms with Gasteiger partial charge in [-0.25, -0.2) is 4.98 Å². The van der Waals surface area contributed by atoms with E-state index in [1.807, 2.05) is 18.3 Å². The molecule has 0 bridgehead atoms. The first-order chi connectivity index (χ1) is 14.6. The van der Waals surface area contributed by atoms with E-state index in [0.717, 1.165) is 58.0 Å². The fourth-order valence-corrected chi connectivity index (χ4v) is 7.14. The van der Waals surface area contributed by atoms with E-state index < -0.39 is 0 Å². The molecule has 0 aromatic carbocycles. The fraction of sp³-hybridized carbons (Fsp3) is 0.750. The standard InChI is InChI=1S/C24H33N3O3/c1-23-6-4-7-24(16-29-24)20(23)13-17-18(22(28)30-19(17)14-23)15-26-9-11-27(12-10-26)21-5-2-3-8-25-21/h2-3,5,8,17-20H,4,6-7,9-16H2,1H3/t17-,18-,19-,20-,23-,24-/m1/s1. The highest BCUT2D eigenvalue weighted by Gasteiger charge is 2.65. The lowest BCUT2D eigenvalue weighted by Gasteiger charge is -2.51. The second-order valence-electron chi connectivity index (χ2n) is 10.6. The Labute approximate surface area is 178 Å². The molecule has 5 fully saturated rings. The molecule has 6 nitrogen and oxygen atoms in total. The number of fused-ring (bicyclic) bond motifs is 3. The second kappa shape index (κ2) is 6.92. The average molecular weight is 412 g/mol. The van der Waals surface area contributed by atoms with Gasteiger partial charge in [-0.2, -0.15) is 0 Å². The van der Waals surface area contributed by atoms with Crippen molar-refractivity contribution in [1.82, 2.24) is 9.88 Å². The number of epoxide rings is 1. The summed E-state index contributed by atoms with van der Waals surface area (Å²) in [6.07, 6.45) is 7.82. The molecular weight excluding hydrogens is 378 g/mol. The Bertz CT molecular complexity index is 805. The van der Waals surface area contributed by atoms with Crippen LogP contribution in [0.4, 0.5) is 5.82 Å². The van der Waals surface area contributed by atoms with Gasteiger partial charge in [-0.3, -0.25) is 9.69 Å². The normalized spacial score (nSPS) is 43.2. The number of hydrogen-bond donors (Lipinski definition) is 0. The molecule has 2 aliphatic carbocycles. The molecule has 6 heteroatoms. The fourth-order valence-electron chi connectivity index (χ4n) is 7.14. The van der Waals surface area contributed by atoms with Crippen LogP contribution in [-0.2, 0) is 14.3 Å². The molecule has 0 N–H and O–H groups in total. The zero-order valence-electron chi connectivity index (χ0n) is 18.0. The van der Waals surface area contributed by atoms with Crippen molar-refractivity contribution in [3.05, 3.63) is 24.4 Å². The topological polar surface area (TPSA) is 58.2 Å². The lowest BCUT2D eigenvalue weighted by Crippen LogP contribution is -2.52. The van der Waals surface area contributed by atoms with Crippen LogP contribution in [0.2, 0.25) is 0 Å². The van der Waals surface area contributed by atoms with Crippen molar-refractivity contribution in [3.8, 4) is 0 Å². The molecule has 6 atom stereocenters. The van der Waals surface area contributed by atoms with Gasteiger partial charge in [0.05, 0.1) is 18.1 Å². The van der Waals surface area contributed by atoms with Gasteiger partial charge in [-0.15, -0.1) is 0 Å². The molecule has 1 spiro atoms. The first kappa shape index (κ1) is 19.1. The van der Waals surface area contributed by atoms with Crippen molar-refractivity contribution < 1.29 is 14.3 Å². The highest BCUT2D eigenvalue weighted by molar-refractivity contribution is 5.75. The number of hydrogen-bond acceptors (Lipinski definition) is 6. The summed E-state index contributed by atoms with van der Waals surface area (Å²) in [4.78, 5) is 22.2. The summed E-state index contributed by atoms with van der Waals surface area (Å²) in [5.74, 6) is 2.08. The third-order valence-corrected chi connectivity index (χ3v) is 8.88. The summed E-state index contributed by atoms with van der Waals surface area (Å²) in [6, 6.07) is 6.08. The van der Waals surface area contributed by atoms with E-state index in [9.17, 15) is 4.79 Å². The van der Waals surface area contributed by atoms with Crippen LogP contribution in [0, 0.1) is 23.2 Å². The first-order valence-electron chi connectivity index (χ1n) is 11.8. The van der Waals surface area contributed by atoms with Crippen LogP contribution in [0.1, 0.15) is 39.0 Å². The highest BCUT2D eigenvalue weighted by atomic mass is 16.6. The van der Waals surface area contributed by atoms with Crippen molar-refractivity contribution in [2.24, 2.45) is 23.2 Å². The van der Waals surface area contributed by atoms with Gasteiger partial charge in [-0.05, 0) is 55.6 Å².